The van der Waals surface area contributed by atoms with Crippen molar-refractivity contribution >= 4 is 5.91 Å². The van der Waals surface area contributed by atoms with E-state index in [9.17, 15) is 13.6 Å². The predicted molar refractivity (Wildman–Crippen MR) is 81.8 cm³/mol. The highest BCUT2D eigenvalue weighted by atomic mass is 19.1. The molecule has 0 spiro atoms. The first-order valence-corrected chi connectivity index (χ1v) is 7.51. The fourth-order valence-corrected chi connectivity index (χ4v) is 2.64. The van der Waals surface area contributed by atoms with Gasteiger partial charge in [-0.3, -0.25) is 4.79 Å². The maximum absolute atomic E-state index is 13.0. The molecular weight excluding hydrogens is 300 g/mol. The third-order valence-corrected chi connectivity index (χ3v) is 3.93. The number of hydrogen-bond donors (Lipinski definition) is 0. The van der Waals surface area contributed by atoms with Crippen LogP contribution in [-0.4, -0.2) is 30.5 Å². The Balaban J connectivity index is 1.64. The van der Waals surface area contributed by atoms with Crippen molar-refractivity contribution in [1.82, 2.24) is 4.90 Å². The lowest BCUT2D eigenvalue weighted by Crippen LogP contribution is -2.43. The van der Waals surface area contributed by atoms with E-state index < -0.39 is 0 Å². The van der Waals surface area contributed by atoms with E-state index in [2.05, 4.69) is 0 Å². The van der Waals surface area contributed by atoms with Crippen LogP contribution in [0, 0.1) is 11.6 Å². The lowest BCUT2D eigenvalue weighted by Gasteiger charge is -2.33. The highest BCUT2D eigenvalue weighted by molar-refractivity contribution is 5.78. The van der Waals surface area contributed by atoms with Gasteiger partial charge < -0.3 is 9.64 Å². The monoisotopic (exact) mass is 317 g/mol. The van der Waals surface area contributed by atoms with Gasteiger partial charge in [0, 0.05) is 6.54 Å². The summed E-state index contributed by atoms with van der Waals surface area (Å²) in [6, 6.07) is 12.1. The molecule has 1 unspecified atom stereocenters. The predicted octanol–water partition coefficient (Wildman–Crippen LogP) is 3.11. The quantitative estimate of drug-likeness (QED) is 0.870. The van der Waals surface area contributed by atoms with E-state index in [0.29, 0.717) is 19.7 Å². The molecule has 0 aliphatic carbocycles. The van der Waals surface area contributed by atoms with Crippen molar-refractivity contribution in [3.8, 4) is 0 Å². The summed E-state index contributed by atoms with van der Waals surface area (Å²) in [7, 11) is 0. The minimum absolute atomic E-state index is 0.0213. The van der Waals surface area contributed by atoms with Gasteiger partial charge in [-0.2, -0.15) is 0 Å². The van der Waals surface area contributed by atoms with Gasteiger partial charge in [-0.05, 0) is 35.4 Å². The van der Waals surface area contributed by atoms with E-state index in [1.165, 1.54) is 24.3 Å². The van der Waals surface area contributed by atoms with E-state index >= 15 is 0 Å². The second-order valence-corrected chi connectivity index (χ2v) is 5.55. The summed E-state index contributed by atoms with van der Waals surface area (Å²) < 4.78 is 31.6. The topological polar surface area (TPSA) is 29.5 Å². The minimum Gasteiger partial charge on any atom is -0.370 e. The number of carbonyl (C=O) groups excluding carboxylic acids is 1. The Morgan fingerprint density at radius 2 is 1.65 bits per heavy atom. The molecule has 0 aromatic heterocycles. The summed E-state index contributed by atoms with van der Waals surface area (Å²) in [5.74, 6) is -0.634. The maximum Gasteiger partial charge on any atom is 0.227 e. The van der Waals surface area contributed by atoms with Gasteiger partial charge in [-0.15, -0.1) is 0 Å². The first-order chi connectivity index (χ1) is 11.1. The molecule has 1 fully saturated rings. The largest absolute Gasteiger partial charge is 0.370 e. The summed E-state index contributed by atoms with van der Waals surface area (Å²) in [4.78, 5) is 14.1. The molecule has 1 atom stereocenters. The van der Waals surface area contributed by atoms with E-state index in [0.717, 1.165) is 11.1 Å². The Hall–Kier alpha value is -2.27. The van der Waals surface area contributed by atoms with Crippen LogP contribution in [0.5, 0.6) is 0 Å². The van der Waals surface area contributed by atoms with Crippen LogP contribution < -0.4 is 0 Å². The summed E-state index contributed by atoms with van der Waals surface area (Å²) in [6.45, 7) is 1.40. The molecule has 0 saturated carbocycles. The van der Waals surface area contributed by atoms with Crippen molar-refractivity contribution in [3.05, 3.63) is 71.3 Å². The molecule has 3 rings (SSSR count). The van der Waals surface area contributed by atoms with Crippen LogP contribution in [0.1, 0.15) is 17.2 Å². The highest BCUT2D eigenvalue weighted by Gasteiger charge is 2.25. The van der Waals surface area contributed by atoms with Gasteiger partial charge in [-0.25, -0.2) is 8.78 Å². The zero-order valence-electron chi connectivity index (χ0n) is 12.5. The number of nitrogens with zero attached hydrogens (tertiary/aromatic N) is 1. The molecule has 0 N–H and O–H groups in total. The molecule has 1 aliphatic rings. The van der Waals surface area contributed by atoms with Crippen molar-refractivity contribution in [2.45, 2.75) is 12.5 Å². The SMILES string of the molecule is O=C(Cc1ccc(F)cc1)N1CCOC(c2ccc(F)cc2)C1. The third kappa shape index (κ3) is 3.93. The Morgan fingerprint density at radius 1 is 1.04 bits per heavy atom. The van der Waals surface area contributed by atoms with Crippen LogP contribution in [0.25, 0.3) is 0 Å². The fourth-order valence-electron chi connectivity index (χ4n) is 2.64. The number of morpholine rings is 1. The minimum atomic E-state index is -0.316. The number of hydrogen-bond acceptors (Lipinski definition) is 2. The molecule has 1 heterocycles. The molecule has 0 bridgehead atoms. The van der Waals surface area contributed by atoms with Crippen molar-refractivity contribution in [3.63, 3.8) is 0 Å². The van der Waals surface area contributed by atoms with Crippen LogP contribution in [-0.2, 0) is 16.0 Å². The summed E-state index contributed by atoms with van der Waals surface area (Å²) in [6.07, 6.45) is -0.0160. The van der Waals surface area contributed by atoms with E-state index in [-0.39, 0.29) is 30.1 Å². The van der Waals surface area contributed by atoms with Gasteiger partial charge in [0.25, 0.3) is 0 Å². The van der Waals surface area contributed by atoms with Crippen LogP contribution >= 0.6 is 0 Å². The molecule has 5 heteroatoms. The third-order valence-electron chi connectivity index (χ3n) is 3.93. The Kier molecular flexibility index (Phi) is 4.67. The van der Waals surface area contributed by atoms with E-state index in [1.54, 1.807) is 29.2 Å². The smallest absolute Gasteiger partial charge is 0.227 e. The summed E-state index contributed by atoms with van der Waals surface area (Å²) in [5, 5.41) is 0. The Labute approximate surface area is 133 Å². The molecule has 0 radical (unpaired) electrons. The van der Waals surface area contributed by atoms with E-state index in [4.69, 9.17) is 4.74 Å². The molecule has 23 heavy (non-hydrogen) atoms. The van der Waals surface area contributed by atoms with Gasteiger partial charge in [0.15, 0.2) is 0 Å². The standard InChI is InChI=1S/C18H17F2NO2/c19-15-5-1-13(2-6-15)11-18(22)21-9-10-23-17(12-21)14-3-7-16(20)8-4-14/h1-8,17H,9-12H2. The van der Waals surface area contributed by atoms with Crippen molar-refractivity contribution in [2.24, 2.45) is 0 Å². The van der Waals surface area contributed by atoms with Crippen LogP contribution in [0.3, 0.4) is 0 Å². The number of benzene rings is 2. The number of carbonyl (C=O) groups is 1. The highest BCUT2D eigenvalue weighted by Crippen LogP contribution is 2.23. The normalized spacial score (nSPS) is 18.0. The number of amides is 1. The molecule has 2 aromatic carbocycles. The molecular formula is C18H17F2NO2. The van der Waals surface area contributed by atoms with Gasteiger partial charge in [0.1, 0.15) is 17.7 Å². The lowest BCUT2D eigenvalue weighted by atomic mass is 10.1. The first kappa shape index (κ1) is 15.6. The van der Waals surface area contributed by atoms with Gasteiger partial charge in [0.2, 0.25) is 5.91 Å². The average molecular weight is 317 g/mol. The zero-order chi connectivity index (χ0) is 16.2. The Morgan fingerprint density at radius 3 is 2.30 bits per heavy atom. The first-order valence-electron chi connectivity index (χ1n) is 7.51. The second-order valence-electron chi connectivity index (χ2n) is 5.55. The van der Waals surface area contributed by atoms with Gasteiger partial charge in [-0.1, -0.05) is 24.3 Å². The van der Waals surface area contributed by atoms with Crippen molar-refractivity contribution in [2.75, 3.05) is 19.7 Å². The van der Waals surface area contributed by atoms with Crippen LogP contribution in [0.15, 0.2) is 48.5 Å². The maximum atomic E-state index is 13.0. The number of ether oxygens (including phenoxy) is 1. The number of halogens is 2. The van der Waals surface area contributed by atoms with Gasteiger partial charge >= 0.3 is 0 Å². The molecule has 2 aromatic rings. The fraction of sp³-hybridized carbons (Fsp3) is 0.278. The lowest BCUT2D eigenvalue weighted by molar-refractivity contribution is -0.138. The zero-order valence-corrected chi connectivity index (χ0v) is 12.5. The molecule has 1 amide bonds. The molecule has 120 valence electrons. The van der Waals surface area contributed by atoms with Crippen molar-refractivity contribution < 1.29 is 18.3 Å². The summed E-state index contributed by atoms with van der Waals surface area (Å²) in [5.41, 5.74) is 1.63. The van der Waals surface area contributed by atoms with Crippen molar-refractivity contribution in [1.29, 1.82) is 0 Å². The van der Waals surface area contributed by atoms with Crippen LogP contribution in [0.4, 0.5) is 8.78 Å². The second kappa shape index (κ2) is 6.87. The number of rotatable bonds is 3. The molecule has 1 saturated heterocycles. The molecule has 1 aliphatic heterocycles. The average Bonchev–Trinajstić information content (AvgIpc) is 2.58. The molecule has 3 nitrogen and oxygen atoms in total. The summed E-state index contributed by atoms with van der Waals surface area (Å²) >= 11 is 0. The Bertz CT molecular complexity index is 670. The van der Waals surface area contributed by atoms with Crippen LogP contribution in [0.2, 0.25) is 0 Å². The van der Waals surface area contributed by atoms with Gasteiger partial charge in [0.05, 0.1) is 19.6 Å². The van der Waals surface area contributed by atoms with E-state index in [1.807, 2.05) is 0 Å².